The van der Waals surface area contributed by atoms with E-state index in [2.05, 4.69) is 0 Å². The summed E-state index contributed by atoms with van der Waals surface area (Å²) in [6.07, 6.45) is 1.50. The first kappa shape index (κ1) is 12.9. The molecule has 0 bridgehead atoms. The number of nitrogens with two attached hydrogens (primary N) is 1. The summed E-state index contributed by atoms with van der Waals surface area (Å²) in [5.74, 6) is -0.0303. The second-order valence-electron chi connectivity index (χ2n) is 3.82. The Bertz CT molecular complexity index is 311. The minimum absolute atomic E-state index is 0.0303. The van der Waals surface area contributed by atoms with Gasteiger partial charge in [-0.3, -0.25) is 4.79 Å². The SMILES string of the molecule is CCCOCC(=O)C(N)Cc1ccccc1. The van der Waals surface area contributed by atoms with Crippen molar-refractivity contribution in [3.8, 4) is 0 Å². The Kier molecular flexibility index (Phi) is 5.75. The molecule has 0 amide bonds. The highest BCUT2D eigenvalue weighted by molar-refractivity contribution is 5.85. The van der Waals surface area contributed by atoms with Crippen molar-refractivity contribution in [1.82, 2.24) is 0 Å². The number of hydrogen-bond acceptors (Lipinski definition) is 3. The van der Waals surface area contributed by atoms with E-state index in [1.54, 1.807) is 0 Å². The molecule has 1 atom stereocenters. The third-order valence-electron chi connectivity index (χ3n) is 2.30. The predicted octanol–water partition coefficient (Wildman–Crippen LogP) is 1.55. The Morgan fingerprint density at radius 1 is 1.38 bits per heavy atom. The minimum Gasteiger partial charge on any atom is -0.374 e. The van der Waals surface area contributed by atoms with Gasteiger partial charge in [0.1, 0.15) is 6.61 Å². The highest BCUT2D eigenvalue weighted by Crippen LogP contribution is 2.02. The summed E-state index contributed by atoms with van der Waals surface area (Å²) in [5, 5.41) is 0. The Hall–Kier alpha value is -1.19. The number of hydrogen-bond donors (Lipinski definition) is 1. The number of Topliss-reactive ketones (excluding diaryl/α,β-unsaturated/α-hetero) is 1. The molecule has 0 aliphatic rings. The zero-order valence-corrected chi connectivity index (χ0v) is 9.69. The van der Waals surface area contributed by atoms with E-state index >= 15 is 0 Å². The lowest BCUT2D eigenvalue weighted by atomic mass is 10.0. The van der Waals surface area contributed by atoms with Crippen molar-refractivity contribution in [1.29, 1.82) is 0 Å². The van der Waals surface area contributed by atoms with Crippen molar-refractivity contribution in [3.63, 3.8) is 0 Å². The predicted molar refractivity (Wildman–Crippen MR) is 64.2 cm³/mol. The largest absolute Gasteiger partial charge is 0.374 e. The maximum atomic E-state index is 11.6. The van der Waals surface area contributed by atoms with Crippen LogP contribution in [0.4, 0.5) is 0 Å². The summed E-state index contributed by atoms with van der Waals surface area (Å²) in [6.45, 7) is 2.75. The molecule has 0 saturated heterocycles. The molecule has 3 nitrogen and oxygen atoms in total. The second kappa shape index (κ2) is 7.14. The standard InChI is InChI=1S/C13H19NO2/c1-2-8-16-10-13(15)12(14)9-11-6-4-3-5-7-11/h3-7,12H,2,8-10,14H2,1H3. The van der Waals surface area contributed by atoms with Crippen LogP contribution < -0.4 is 5.73 Å². The quantitative estimate of drug-likeness (QED) is 0.711. The van der Waals surface area contributed by atoms with E-state index in [0.29, 0.717) is 13.0 Å². The molecule has 0 aliphatic carbocycles. The van der Waals surface area contributed by atoms with Gasteiger partial charge in [0.2, 0.25) is 0 Å². The van der Waals surface area contributed by atoms with Gasteiger partial charge in [0.05, 0.1) is 6.04 Å². The zero-order valence-electron chi connectivity index (χ0n) is 9.69. The van der Waals surface area contributed by atoms with E-state index in [1.807, 2.05) is 37.3 Å². The van der Waals surface area contributed by atoms with E-state index in [-0.39, 0.29) is 12.4 Å². The molecule has 88 valence electrons. The summed E-state index contributed by atoms with van der Waals surface area (Å²) in [7, 11) is 0. The molecule has 3 heteroatoms. The van der Waals surface area contributed by atoms with Crippen LogP contribution in [0.3, 0.4) is 0 Å². The number of carbonyl (C=O) groups excluding carboxylic acids is 1. The van der Waals surface area contributed by atoms with Gasteiger partial charge in [0, 0.05) is 6.61 Å². The van der Waals surface area contributed by atoms with Crippen LogP contribution in [-0.2, 0) is 16.0 Å². The molecular weight excluding hydrogens is 202 g/mol. The molecule has 1 aromatic carbocycles. The molecule has 0 spiro atoms. The van der Waals surface area contributed by atoms with Crippen LogP contribution in [0.15, 0.2) is 30.3 Å². The number of ketones is 1. The Labute approximate surface area is 96.6 Å². The average molecular weight is 221 g/mol. The lowest BCUT2D eigenvalue weighted by Crippen LogP contribution is -2.35. The normalized spacial score (nSPS) is 12.4. The van der Waals surface area contributed by atoms with Crippen molar-refractivity contribution in [2.24, 2.45) is 5.73 Å². The second-order valence-corrected chi connectivity index (χ2v) is 3.82. The summed E-state index contributed by atoms with van der Waals surface area (Å²) in [4.78, 5) is 11.6. The highest BCUT2D eigenvalue weighted by atomic mass is 16.5. The molecule has 16 heavy (non-hydrogen) atoms. The highest BCUT2D eigenvalue weighted by Gasteiger charge is 2.13. The van der Waals surface area contributed by atoms with Crippen LogP contribution >= 0.6 is 0 Å². The van der Waals surface area contributed by atoms with E-state index in [9.17, 15) is 4.79 Å². The molecule has 0 heterocycles. The van der Waals surface area contributed by atoms with Gasteiger partial charge in [0.15, 0.2) is 5.78 Å². The average Bonchev–Trinajstić information content (AvgIpc) is 2.30. The molecule has 0 aliphatic heterocycles. The van der Waals surface area contributed by atoms with Crippen molar-refractivity contribution >= 4 is 5.78 Å². The Morgan fingerprint density at radius 2 is 2.06 bits per heavy atom. The summed E-state index contributed by atoms with van der Waals surface area (Å²) in [5.41, 5.74) is 6.88. The third kappa shape index (κ3) is 4.55. The van der Waals surface area contributed by atoms with Crippen LogP contribution in [0, 0.1) is 0 Å². The first-order chi connectivity index (χ1) is 7.74. The van der Waals surface area contributed by atoms with E-state index in [4.69, 9.17) is 10.5 Å². The van der Waals surface area contributed by atoms with Crippen LogP contribution in [-0.4, -0.2) is 25.0 Å². The van der Waals surface area contributed by atoms with Gasteiger partial charge < -0.3 is 10.5 Å². The van der Waals surface area contributed by atoms with Crippen LogP contribution in [0.1, 0.15) is 18.9 Å². The van der Waals surface area contributed by atoms with E-state index in [0.717, 1.165) is 12.0 Å². The topological polar surface area (TPSA) is 52.3 Å². The maximum absolute atomic E-state index is 11.6. The van der Waals surface area contributed by atoms with Gasteiger partial charge in [-0.05, 0) is 18.4 Å². The fraction of sp³-hybridized carbons (Fsp3) is 0.462. The van der Waals surface area contributed by atoms with Gasteiger partial charge in [-0.2, -0.15) is 0 Å². The summed E-state index contributed by atoms with van der Waals surface area (Å²) in [6, 6.07) is 9.32. The molecule has 0 fully saturated rings. The van der Waals surface area contributed by atoms with Crippen molar-refractivity contribution in [2.45, 2.75) is 25.8 Å². The number of ether oxygens (including phenoxy) is 1. The Morgan fingerprint density at radius 3 is 2.69 bits per heavy atom. The molecular formula is C13H19NO2. The van der Waals surface area contributed by atoms with Gasteiger partial charge in [-0.1, -0.05) is 37.3 Å². The van der Waals surface area contributed by atoms with Gasteiger partial charge in [-0.25, -0.2) is 0 Å². The molecule has 1 rings (SSSR count). The van der Waals surface area contributed by atoms with Crippen molar-refractivity contribution in [2.75, 3.05) is 13.2 Å². The smallest absolute Gasteiger partial charge is 0.175 e. The molecule has 0 radical (unpaired) electrons. The third-order valence-corrected chi connectivity index (χ3v) is 2.30. The molecule has 1 unspecified atom stereocenters. The van der Waals surface area contributed by atoms with Crippen LogP contribution in [0.2, 0.25) is 0 Å². The monoisotopic (exact) mass is 221 g/mol. The number of carbonyl (C=O) groups is 1. The van der Waals surface area contributed by atoms with Gasteiger partial charge in [-0.15, -0.1) is 0 Å². The number of rotatable bonds is 7. The molecule has 0 saturated carbocycles. The number of benzene rings is 1. The van der Waals surface area contributed by atoms with E-state index in [1.165, 1.54) is 0 Å². The van der Waals surface area contributed by atoms with Crippen LogP contribution in [0.5, 0.6) is 0 Å². The maximum Gasteiger partial charge on any atom is 0.175 e. The minimum atomic E-state index is -0.459. The van der Waals surface area contributed by atoms with Crippen molar-refractivity contribution in [3.05, 3.63) is 35.9 Å². The van der Waals surface area contributed by atoms with Gasteiger partial charge in [0.25, 0.3) is 0 Å². The van der Waals surface area contributed by atoms with Crippen molar-refractivity contribution < 1.29 is 9.53 Å². The Balaban J connectivity index is 2.34. The van der Waals surface area contributed by atoms with Crippen LogP contribution in [0.25, 0.3) is 0 Å². The molecule has 2 N–H and O–H groups in total. The fourth-order valence-corrected chi connectivity index (χ4v) is 1.41. The molecule has 0 aromatic heterocycles. The first-order valence-electron chi connectivity index (χ1n) is 5.64. The van der Waals surface area contributed by atoms with Gasteiger partial charge >= 0.3 is 0 Å². The molecule has 1 aromatic rings. The first-order valence-corrected chi connectivity index (χ1v) is 5.64. The van der Waals surface area contributed by atoms with E-state index < -0.39 is 6.04 Å². The zero-order chi connectivity index (χ0) is 11.8. The summed E-state index contributed by atoms with van der Waals surface area (Å²) >= 11 is 0. The summed E-state index contributed by atoms with van der Waals surface area (Å²) < 4.78 is 5.17. The lowest BCUT2D eigenvalue weighted by Gasteiger charge is -2.10. The lowest BCUT2D eigenvalue weighted by molar-refractivity contribution is -0.124. The fourth-order valence-electron chi connectivity index (χ4n) is 1.41.